The number of anilines is 2. The smallest absolute Gasteiger partial charge is 0.148 e. The minimum atomic E-state index is 0.740. The number of nitrogens with one attached hydrogen (secondary N) is 1. The maximum Gasteiger partial charge on any atom is 0.148 e. The predicted octanol–water partition coefficient (Wildman–Crippen LogP) is 3.15. The minimum Gasteiger partial charge on any atom is -0.369 e. The minimum absolute atomic E-state index is 0.740. The van der Waals surface area contributed by atoms with Crippen molar-refractivity contribution in [3.05, 3.63) is 10.8 Å². The van der Waals surface area contributed by atoms with E-state index in [1.165, 1.54) is 6.42 Å². The molecule has 1 fully saturated rings. The highest BCUT2D eigenvalue weighted by molar-refractivity contribution is 9.10. The van der Waals surface area contributed by atoms with E-state index in [0.29, 0.717) is 0 Å². The standard InChI is InChI=1S/C13H21BrN4/c1-4-15-12-11(14)13(17-8-16-12)18-6-5-10(7-18)9(2)3/h8-10H,4-7H2,1-3H3,(H,15,16,17). The second kappa shape index (κ2) is 5.87. The summed E-state index contributed by atoms with van der Waals surface area (Å²) in [7, 11) is 0. The number of halogens is 1. The first-order valence-electron chi connectivity index (χ1n) is 6.62. The van der Waals surface area contributed by atoms with E-state index < -0.39 is 0 Å². The van der Waals surface area contributed by atoms with Crippen LogP contribution in [-0.2, 0) is 0 Å². The largest absolute Gasteiger partial charge is 0.369 e. The van der Waals surface area contributed by atoms with E-state index in [2.05, 4.69) is 56.9 Å². The van der Waals surface area contributed by atoms with Crippen LogP contribution in [0.15, 0.2) is 10.8 Å². The van der Waals surface area contributed by atoms with Crippen LogP contribution in [0.2, 0.25) is 0 Å². The summed E-state index contributed by atoms with van der Waals surface area (Å²) in [5, 5.41) is 3.25. The lowest BCUT2D eigenvalue weighted by Crippen LogP contribution is -2.23. The van der Waals surface area contributed by atoms with Gasteiger partial charge in [-0.15, -0.1) is 0 Å². The molecule has 100 valence electrons. The van der Waals surface area contributed by atoms with Gasteiger partial charge < -0.3 is 10.2 Å². The van der Waals surface area contributed by atoms with Crippen LogP contribution in [0.4, 0.5) is 11.6 Å². The number of rotatable bonds is 4. The third kappa shape index (κ3) is 2.76. The number of hydrogen-bond donors (Lipinski definition) is 1. The maximum absolute atomic E-state index is 4.42. The lowest BCUT2D eigenvalue weighted by atomic mass is 9.95. The molecule has 1 aliphatic rings. The van der Waals surface area contributed by atoms with Gasteiger partial charge >= 0.3 is 0 Å². The van der Waals surface area contributed by atoms with Crippen LogP contribution < -0.4 is 10.2 Å². The summed E-state index contributed by atoms with van der Waals surface area (Å²) in [6.07, 6.45) is 2.89. The van der Waals surface area contributed by atoms with Crippen LogP contribution in [0.25, 0.3) is 0 Å². The molecule has 2 heterocycles. The van der Waals surface area contributed by atoms with Gasteiger partial charge in [-0.1, -0.05) is 13.8 Å². The molecule has 0 aromatic carbocycles. The summed E-state index contributed by atoms with van der Waals surface area (Å²) in [5.74, 6) is 3.41. The van der Waals surface area contributed by atoms with E-state index in [9.17, 15) is 0 Å². The third-order valence-corrected chi connectivity index (χ3v) is 4.31. The molecule has 18 heavy (non-hydrogen) atoms. The normalized spacial score (nSPS) is 19.6. The average molecular weight is 313 g/mol. The van der Waals surface area contributed by atoms with Gasteiger partial charge in [0.25, 0.3) is 0 Å². The molecule has 1 aromatic heterocycles. The van der Waals surface area contributed by atoms with Crippen LogP contribution in [0.1, 0.15) is 27.2 Å². The third-order valence-electron chi connectivity index (χ3n) is 3.58. The lowest BCUT2D eigenvalue weighted by molar-refractivity contribution is 0.422. The van der Waals surface area contributed by atoms with Gasteiger partial charge in [0.05, 0.1) is 0 Å². The lowest BCUT2D eigenvalue weighted by Gasteiger charge is -2.21. The first kappa shape index (κ1) is 13.6. The average Bonchev–Trinajstić information content (AvgIpc) is 2.81. The first-order valence-corrected chi connectivity index (χ1v) is 7.42. The van der Waals surface area contributed by atoms with E-state index in [4.69, 9.17) is 0 Å². The quantitative estimate of drug-likeness (QED) is 0.927. The van der Waals surface area contributed by atoms with Crippen LogP contribution in [0.5, 0.6) is 0 Å². The molecule has 1 unspecified atom stereocenters. The van der Waals surface area contributed by atoms with Crippen molar-refractivity contribution in [1.29, 1.82) is 0 Å². The van der Waals surface area contributed by atoms with Crippen molar-refractivity contribution in [3.8, 4) is 0 Å². The van der Waals surface area contributed by atoms with Crippen LogP contribution in [0.3, 0.4) is 0 Å². The molecule has 2 rings (SSSR count). The fraction of sp³-hybridized carbons (Fsp3) is 0.692. The fourth-order valence-electron chi connectivity index (χ4n) is 2.40. The van der Waals surface area contributed by atoms with Crippen molar-refractivity contribution in [3.63, 3.8) is 0 Å². The summed E-state index contributed by atoms with van der Waals surface area (Å²) in [5.41, 5.74) is 0. The van der Waals surface area contributed by atoms with Gasteiger partial charge in [-0.2, -0.15) is 0 Å². The summed E-state index contributed by atoms with van der Waals surface area (Å²) in [6.45, 7) is 9.71. The number of hydrogen-bond acceptors (Lipinski definition) is 4. The molecule has 1 aliphatic heterocycles. The highest BCUT2D eigenvalue weighted by atomic mass is 79.9. The van der Waals surface area contributed by atoms with Crippen molar-refractivity contribution in [2.24, 2.45) is 11.8 Å². The molecule has 1 N–H and O–H groups in total. The van der Waals surface area contributed by atoms with Crippen molar-refractivity contribution < 1.29 is 0 Å². The second-order valence-electron chi connectivity index (χ2n) is 5.13. The molecule has 0 bridgehead atoms. The Morgan fingerprint density at radius 2 is 2.28 bits per heavy atom. The molecule has 0 saturated carbocycles. The molecule has 4 nitrogen and oxygen atoms in total. The molecule has 5 heteroatoms. The van der Waals surface area contributed by atoms with E-state index in [1.807, 2.05) is 0 Å². The SMILES string of the molecule is CCNc1ncnc(N2CCC(C(C)C)C2)c1Br. The maximum atomic E-state index is 4.42. The number of aromatic nitrogens is 2. The Morgan fingerprint density at radius 1 is 1.50 bits per heavy atom. The van der Waals surface area contributed by atoms with Crippen molar-refractivity contribution in [1.82, 2.24) is 9.97 Å². The molecule has 1 saturated heterocycles. The molecule has 0 radical (unpaired) electrons. The van der Waals surface area contributed by atoms with Crippen LogP contribution in [-0.4, -0.2) is 29.6 Å². The Hall–Kier alpha value is -0.840. The zero-order valence-corrected chi connectivity index (χ0v) is 12.9. The van der Waals surface area contributed by atoms with Gasteiger partial charge in [-0.05, 0) is 41.1 Å². The Kier molecular flexibility index (Phi) is 4.43. The molecule has 0 aliphatic carbocycles. The number of nitrogens with zero attached hydrogens (tertiary/aromatic N) is 3. The summed E-state index contributed by atoms with van der Waals surface area (Å²) in [6, 6.07) is 0. The molecule has 1 atom stereocenters. The Balaban J connectivity index is 2.17. The summed E-state index contributed by atoms with van der Waals surface area (Å²) in [4.78, 5) is 11.0. The van der Waals surface area contributed by atoms with Gasteiger partial charge in [0, 0.05) is 19.6 Å². The molecule has 0 spiro atoms. The monoisotopic (exact) mass is 312 g/mol. The van der Waals surface area contributed by atoms with E-state index in [1.54, 1.807) is 6.33 Å². The van der Waals surface area contributed by atoms with Crippen molar-refractivity contribution >= 4 is 27.6 Å². The van der Waals surface area contributed by atoms with E-state index >= 15 is 0 Å². The van der Waals surface area contributed by atoms with Gasteiger partial charge in [-0.3, -0.25) is 0 Å². The first-order chi connectivity index (χ1) is 8.63. The van der Waals surface area contributed by atoms with Gasteiger partial charge in [0.2, 0.25) is 0 Å². The topological polar surface area (TPSA) is 41.1 Å². The van der Waals surface area contributed by atoms with Crippen molar-refractivity contribution in [2.45, 2.75) is 27.2 Å². The van der Waals surface area contributed by atoms with E-state index in [0.717, 1.165) is 47.6 Å². The zero-order chi connectivity index (χ0) is 13.1. The fourth-order valence-corrected chi connectivity index (χ4v) is 2.99. The Bertz CT molecular complexity index is 408. The predicted molar refractivity (Wildman–Crippen MR) is 79.1 cm³/mol. The Morgan fingerprint density at radius 3 is 2.89 bits per heavy atom. The molecular formula is C13H21BrN4. The zero-order valence-electron chi connectivity index (χ0n) is 11.3. The molecular weight excluding hydrogens is 292 g/mol. The van der Waals surface area contributed by atoms with E-state index in [-0.39, 0.29) is 0 Å². The van der Waals surface area contributed by atoms with Crippen LogP contribution >= 0.6 is 15.9 Å². The summed E-state index contributed by atoms with van der Waals surface area (Å²) < 4.78 is 0.983. The molecule has 0 amide bonds. The second-order valence-corrected chi connectivity index (χ2v) is 5.92. The van der Waals surface area contributed by atoms with Crippen LogP contribution in [0, 0.1) is 11.8 Å². The highest BCUT2D eigenvalue weighted by Gasteiger charge is 2.27. The highest BCUT2D eigenvalue weighted by Crippen LogP contribution is 2.34. The van der Waals surface area contributed by atoms with Gasteiger partial charge in [-0.25, -0.2) is 9.97 Å². The van der Waals surface area contributed by atoms with Gasteiger partial charge in [0.1, 0.15) is 22.4 Å². The van der Waals surface area contributed by atoms with Gasteiger partial charge in [0.15, 0.2) is 0 Å². The molecule has 1 aromatic rings. The summed E-state index contributed by atoms with van der Waals surface area (Å²) >= 11 is 3.62. The Labute approximate surface area is 117 Å². The van der Waals surface area contributed by atoms with Crippen molar-refractivity contribution in [2.75, 3.05) is 29.9 Å².